The fourth-order valence-electron chi connectivity index (χ4n) is 2.92. The second-order valence-electron chi connectivity index (χ2n) is 5.59. The van der Waals surface area contributed by atoms with Gasteiger partial charge in [-0.2, -0.15) is 0 Å². The number of aromatic nitrogens is 1. The molecule has 0 saturated carbocycles. The fourth-order valence-corrected chi connectivity index (χ4v) is 3.12. The van der Waals surface area contributed by atoms with Crippen LogP contribution in [-0.4, -0.2) is 22.5 Å². The van der Waals surface area contributed by atoms with Crippen LogP contribution in [0.5, 0.6) is 0 Å². The molecule has 1 aliphatic heterocycles. The molecular formula is C17H19ClN2O2. The van der Waals surface area contributed by atoms with Crippen LogP contribution in [0.3, 0.4) is 0 Å². The van der Waals surface area contributed by atoms with Crippen LogP contribution in [0.2, 0.25) is 5.02 Å². The average molecular weight is 319 g/mol. The van der Waals surface area contributed by atoms with Crippen molar-refractivity contribution >= 4 is 17.5 Å². The average Bonchev–Trinajstić information content (AvgIpc) is 3.17. The van der Waals surface area contributed by atoms with Gasteiger partial charge in [0.25, 0.3) is 0 Å². The molecule has 4 nitrogen and oxygen atoms in total. The highest BCUT2D eigenvalue weighted by atomic mass is 35.5. The summed E-state index contributed by atoms with van der Waals surface area (Å²) in [5, 5.41) is 4.68. The first-order valence-corrected chi connectivity index (χ1v) is 8.05. The van der Waals surface area contributed by atoms with Gasteiger partial charge in [-0.05, 0) is 30.9 Å². The standard InChI is InChI=1S/C17H19ClN2O2/c1-2-13-11-16(22-19-13)15-8-5-9-20(15)17(21)10-12-6-3-4-7-14(12)18/h3-4,6-7,11,15H,2,5,8-10H2,1H3/t15-/m0/s1. The van der Waals surface area contributed by atoms with Gasteiger partial charge in [0.1, 0.15) is 0 Å². The summed E-state index contributed by atoms with van der Waals surface area (Å²) in [7, 11) is 0. The highest BCUT2D eigenvalue weighted by Gasteiger charge is 2.32. The van der Waals surface area contributed by atoms with E-state index in [4.69, 9.17) is 16.1 Å². The lowest BCUT2D eigenvalue weighted by Crippen LogP contribution is -2.31. The molecule has 0 bridgehead atoms. The van der Waals surface area contributed by atoms with Crippen molar-refractivity contribution in [3.8, 4) is 0 Å². The van der Waals surface area contributed by atoms with Crippen LogP contribution in [0.4, 0.5) is 0 Å². The number of aryl methyl sites for hydroxylation is 1. The molecule has 1 fully saturated rings. The van der Waals surface area contributed by atoms with Gasteiger partial charge in [-0.25, -0.2) is 0 Å². The van der Waals surface area contributed by atoms with Crippen molar-refractivity contribution in [1.82, 2.24) is 10.1 Å². The number of rotatable bonds is 4. The Labute approximate surface area is 135 Å². The second kappa shape index (κ2) is 6.53. The molecule has 1 amide bonds. The topological polar surface area (TPSA) is 46.3 Å². The normalized spacial score (nSPS) is 17.9. The van der Waals surface area contributed by atoms with E-state index in [1.807, 2.05) is 42.2 Å². The molecule has 1 aromatic carbocycles. The quantitative estimate of drug-likeness (QED) is 0.861. The molecule has 1 aliphatic rings. The lowest BCUT2D eigenvalue weighted by atomic mass is 10.1. The number of amides is 1. The van der Waals surface area contributed by atoms with Crippen molar-refractivity contribution in [2.75, 3.05) is 6.54 Å². The van der Waals surface area contributed by atoms with Crippen LogP contribution in [0.25, 0.3) is 0 Å². The Morgan fingerprint density at radius 2 is 2.27 bits per heavy atom. The lowest BCUT2D eigenvalue weighted by molar-refractivity contribution is -0.131. The monoisotopic (exact) mass is 318 g/mol. The number of nitrogens with zero attached hydrogens (tertiary/aromatic N) is 2. The number of likely N-dealkylation sites (tertiary alicyclic amines) is 1. The summed E-state index contributed by atoms with van der Waals surface area (Å²) in [5.74, 6) is 0.881. The maximum atomic E-state index is 12.6. The Morgan fingerprint density at radius 1 is 1.45 bits per heavy atom. The van der Waals surface area contributed by atoms with Gasteiger partial charge < -0.3 is 9.42 Å². The van der Waals surface area contributed by atoms with Crippen molar-refractivity contribution in [2.24, 2.45) is 0 Å². The zero-order valence-electron chi connectivity index (χ0n) is 12.6. The van der Waals surface area contributed by atoms with E-state index in [-0.39, 0.29) is 11.9 Å². The van der Waals surface area contributed by atoms with E-state index in [1.54, 1.807) is 0 Å². The molecule has 1 saturated heterocycles. The van der Waals surface area contributed by atoms with Crippen molar-refractivity contribution in [2.45, 2.75) is 38.6 Å². The SMILES string of the molecule is CCc1cc([C@@H]2CCCN2C(=O)Cc2ccccc2Cl)on1. The lowest BCUT2D eigenvalue weighted by Gasteiger charge is -2.23. The predicted molar refractivity (Wildman–Crippen MR) is 84.7 cm³/mol. The third-order valence-corrected chi connectivity index (χ3v) is 4.51. The van der Waals surface area contributed by atoms with E-state index in [9.17, 15) is 4.79 Å². The van der Waals surface area contributed by atoms with Crippen molar-refractivity contribution in [3.63, 3.8) is 0 Å². The minimum Gasteiger partial charge on any atom is -0.359 e. The Morgan fingerprint density at radius 3 is 3.00 bits per heavy atom. The van der Waals surface area contributed by atoms with Gasteiger partial charge in [-0.3, -0.25) is 4.79 Å². The van der Waals surface area contributed by atoms with E-state index < -0.39 is 0 Å². The highest BCUT2D eigenvalue weighted by molar-refractivity contribution is 6.31. The van der Waals surface area contributed by atoms with Crippen LogP contribution >= 0.6 is 11.6 Å². The summed E-state index contributed by atoms with van der Waals surface area (Å²) in [4.78, 5) is 14.5. The molecule has 0 unspecified atom stereocenters. The molecule has 1 atom stereocenters. The van der Waals surface area contributed by atoms with E-state index in [0.717, 1.165) is 42.8 Å². The maximum Gasteiger partial charge on any atom is 0.227 e. The molecule has 2 heterocycles. The predicted octanol–water partition coefficient (Wildman–Crippen LogP) is 3.80. The van der Waals surface area contributed by atoms with E-state index in [2.05, 4.69) is 5.16 Å². The molecule has 0 aliphatic carbocycles. The second-order valence-corrected chi connectivity index (χ2v) is 5.99. The van der Waals surface area contributed by atoms with Gasteiger partial charge >= 0.3 is 0 Å². The largest absolute Gasteiger partial charge is 0.359 e. The number of hydrogen-bond donors (Lipinski definition) is 0. The summed E-state index contributed by atoms with van der Waals surface area (Å²) in [6.45, 7) is 2.80. The Hall–Kier alpha value is -1.81. The number of carbonyl (C=O) groups excluding carboxylic acids is 1. The fraction of sp³-hybridized carbons (Fsp3) is 0.412. The zero-order valence-corrected chi connectivity index (χ0v) is 13.3. The van der Waals surface area contributed by atoms with Gasteiger partial charge in [-0.15, -0.1) is 0 Å². The Balaban J connectivity index is 1.75. The van der Waals surface area contributed by atoms with Gasteiger partial charge in [0.05, 0.1) is 18.2 Å². The van der Waals surface area contributed by atoms with Crippen molar-refractivity contribution in [3.05, 3.63) is 52.4 Å². The van der Waals surface area contributed by atoms with E-state index >= 15 is 0 Å². The Bertz CT molecular complexity index is 668. The van der Waals surface area contributed by atoms with E-state index in [1.165, 1.54) is 0 Å². The number of benzene rings is 1. The van der Waals surface area contributed by atoms with Crippen molar-refractivity contribution < 1.29 is 9.32 Å². The molecule has 0 radical (unpaired) electrons. The first kappa shape index (κ1) is 15.1. The minimum atomic E-state index is 0.00258. The molecule has 116 valence electrons. The summed E-state index contributed by atoms with van der Waals surface area (Å²) in [6, 6.07) is 9.45. The first-order valence-electron chi connectivity index (χ1n) is 7.67. The third kappa shape index (κ3) is 3.02. The summed E-state index contributed by atoms with van der Waals surface area (Å²) in [5.41, 5.74) is 1.80. The van der Waals surface area contributed by atoms with Gasteiger partial charge in [-0.1, -0.05) is 41.9 Å². The third-order valence-electron chi connectivity index (χ3n) is 4.14. The molecule has 5 heteroatoms. The molecule has 0 spiro atoms. The highest BCUT2D eigenvalue weighted by Crippen LogP contribution is 2.33. The maximum absolute atomic E-state index is 12.6. The van der Waals surface area contributed by atoms with Crippen LogP contribution in [0.1, 0.15) is 42.8 Å². The van der Waals surface area contributed by atoms with Crippen LogP contribution in [-0.2, 0) is 17.6 Å². The summed E-state index contributed by atoms with van der Waals surface area (Å²) in [6.07, 6.45) is 3.07. The minimum absolute atomic E-state index is 0.00258. The smallest absolute Gasteiger partial charge is 0.227 e. The molecule has 22 heavy (non-hydrogen) atoms. The summed E-state index contributed by atoms with van der Waals surface area (Å²) >= 11 is 6.15. The van der Waals surface area contributed by atoms with Gasteiger partial charge in [0, 0.05) is 17.6 Å². The number of carbonyl (C=O) groups is 1. The van der Waals surface area contributed by atoms with Crippen LogP contribution in [0.15, 0.2) is 34.9 Å². The Kier molecular flexibility index (Phi) is 4.48. The van der Waals surface area contributed by atoms with Gasteiger partial charge in [0.15, 0.2) is 5.76 Å². The van der Waals surface area contributed by atoms with Crippen molar-refractivity contribution in [1.29, 1.82) is 0 Å². The molecule has 0 N–H and O–H groups in total. The molecule has 3 rings (SSSR count). The molecule has 1 aromatic heterocycles. The van der Waals surface area contributed by atoms with Gasteiger partial charge in [0.2, 0.25) is 5.91 Å². The summed E-state index contributed by atoms with van der Waals surface area (Å²) < 4.78 is 5.42. The number of hydrogen-bond acceptors (Lipinski definition) is 3. The van der Waals surface area contributed by atoms with Crippen LogP contribution in [0, 0.1) is 0 Å². The van der Waals surface area contributed by atoms with Crippen LogP contribution < -0.4 is 0 Å². The molecular weight excluding hydrogens is 300 g/mol. The number of halogens is 1. The molecule has 2 aromatic rings. The zero-order chi connectivity index (χ0) is 15.5. The first-order chi connectivity index (χ1) is 10.7. The van der Waals surface area contributed by atoms with E-state index in [0.29, 0.717) is 11.4 Å².